The van der Waals surface area contributed by atoms with Gasteiger partial charge in [0.2, 0.25) is 0 Å². The number of carbonyl (C=O) groups excluding carboxylic acids is 1. The Morgan fingerprint density at radius 3 is 2.63 bits per heavy atom. The van der Waals surface area contributed by atoms with Crippen molar-refractivity contribution >= 4 is 6.16 Å². The van der Waals surface area contributed by atoms with E-state index in [1.807, 2.05) is 24.3 Å². The zero-order valence-electron chi connectivity index (χ0n) is 10.7. The maximum Gasteiger partial charge on any atom is 0.555 e. The van der Waals surface area contributed by atoms with Crippen LogP contribution in [0.5, 0.6) is 5.75 Å². The molecule has 0 N–H and O–H groups in total. The van der Waals surface area contributed by atoms with Gasteiger partial charge in [-0.15, -0.1) is 0 Å². The largest absolute Gasteiger partial charge is 0.555 e. The first-order valence-electron chi connectivity index (χ1n) is 6.06. The van der Waals surface area contributed by atoms with Crippen LogP contribution in [0.2, 0.25) is 0 Å². The smallest absolute Gasteiger partial charge is 0.392 e. The van der Waals surface area contributed by atoms with Gasteiger partial charge in [0.1, 0.15) is 5.75 Å². The van der Waals surface area contributed by atoms with Gasteiger partial charge in [0, 0.05) is 0 Å². The maximum absolute atomic E-state index is 10.3. The van der Waals surface area contributed by atoms with Gasteiger partial charge in [-0.1, -0.05) is 35.9 Å². The molecule has 1 aliphatic carbocycles. The molecule has 1 aromatic rings. The number of hydrogen-bond donors (Lipinski definition) is 0. The second-order valence-corrected chi connectivity index (χ2v) is 4.39. The molecule has 0 aliphatic heterocycles. The zero-order valence-corrected chi connectivity index (χ0v) is 10.7. The average Bonchev–Trinajstić information content (AvgIpc) is 2.41. The van der Waals surface area contributed by atoms with Crippen molar-refractivity contribution in [3.8, 4) is 5.75 Å². The predicted octanol–water partition coefficient (Wildman–Crippen LogP) is 3.79. The molecular weight excluding hydrogens is 240 g/mol. The normalized spacial score (nSPS) is 16.3. The van der Waals surface area contributed by atoms with Crippen molar-refractivity contribution in [2.24, 2.45) is 0 Å². The van der Waals surface area contributed by atoms with Gasteiger partial charge < -0.3 is 4.74 Å². The second-order valence-electron chi connectivity index (χ2n) is 4.39. The topological polar surface area (TPSA) is 46.2 Å². The van der Waals surface area contributed by atoms with Crippen LogP contribution in [0.25, 0.3) is 0 Å². The average molecular weight is 254 g/mol. The molecular formula is C16H14O3. The molecule has 3 heteroatoms. The van der Waals surface area contributed by atoms with Crippen molar-refractivity contribution in [3.63, 3.8) is 0 Å². The van der Waals surface area contributed by atoms with Gasteiger partial charge in [-0.3, -0.25) is 0 Å². The summed E-state index contributed by atoms with van der Waals surface area (Å²) in [6.45, 7) is 2.10. The van der Waals surface area contributed by atoms with Gasteiger partial charge in [0.25, 0.3) is 0 Å². The van der Waals surface area contributed by atoms with Crippen LogP contribution in [0, 0.1) is 6.08 Å². The molecule has 0 amide bonds. The lowest BCUT2D eigenvalue weighted by Gasteiger charge is -2.09. The molecule has 0 unspecified atom stereocenters. The van der Waals surface area contributed by atoms with Crippen LogP contribution < -0.4 is 4.74 Å². The van der Waals surface area contributed by atoms with Crippen molar-refractivity contribution in [2.75, 3.05) is 0 Å². The van der Waals surface area contributed by atoms with Gasteiger partial charge in [-0.2, -0.15) is 9.90 Å². The predicted molar refractivity (Wildman–Crippen MR) is 71.1 cm³/mol. The Bertz CT molecular complexity index is 548. The molecule has 0 atom stereocenters. The lowest BCUT2D eigenvalue weighted by Crippen LogP contribution is -2.01. The SMILES string of the molecule is CC(Cc1ccc(OC([O])=O)cc1)=C1C=C[C]=CC1. The fourth-order valence-electron chi connectivity index (χ4n) is 1.96. The van der Waals surface area contributed by atoms with E-state index in [0.717, 1.165) is 18.4 Å². The first-order valence-corrected chi connectivity index (χ1v) is 6.06. The Hall–Kier alpha value is -2.29. The third kappa shape index (κ3) is 3.85. The van der Waals surface area contributed by atoms with E-state index in [1.165, 1.54) is 11.1 Å². The zero-order chi connectivity index (χ0) is 13.7. The molecule has 0 bridgehead atoms. The molecule has 0 aromatic heterocycles. The van der Waals surface area contributed by atoms with Crippen molar-refractivity contribution in [3.05, 3.63) is 65.3 Å². The summed E-state index contributed by atoms with van der Waals surface area (Å²) in [5.74, 6) is 0.282. The highest BCUT2D eigenvalue weighted by molar-refractivity contribution is 5.60. The van der Waals surface area contributed by atoms with E-state index in [1.54, 1.807) is 12.1 Å². The Morgan fingerprint density at radius 2 is 2.05 bits per heavy atom. The first kappa shape index (κ1) is 13.1. The Kier molecular flexibility index (Phi) is 4.18. The van der Waals surface area contributed by atoms with E-state index in [9.17, 15) is 9.90 Å². The molecule has 1 aliphatic rings. The molecule has 2 radical (unpaired) electrons. The molecule has 0 fully saturated rings. The fourth-order valence-corrected chi connectivity index (χ4v) is 1.96. The highest BCUT2D eigenvalue weighted by atomic mass is 16.7. The van der Waals surface area contributed by atoms with Crippen LogP contribution in [0.15, 0.2) is 53.6 Å². The summed E-state index contributed by atoms with van der Waals surface area (Å²) >= 11 is 0. The van der Waals surface area contributed by atoms with Crippen LogP contribution >= 0.6 is 0 Å². The number of ether oxygens (including phenoxy) is 1. The highest BCUT2D eigenvalue weighted by Gasteiger charge is 2.05. The second kappa shape index (κ2) is 6.05. The van der Waals surface area contributed by atoms with E-state index in [4.69, 9.17) is 0 Å². The molecule has 0 saturated heterocycles. The van der Waals surface area contributed by atoms with Crippen molar-refractivity contribution in [1.29, 1.82) is 0 Å². The summed E-state index contributed by atoms with van der Waals surface area (Å²) in [6, 6.07) is 6.98. The van der Waals surface area contributed by atoms with E-state index in [2.05, 4.69) is 23.8 Å². The number of carbonyl (C=O) groups is 1. The molecule has 0 heterocycles. The van der Waals surface area contributed by atoms with Crippen LogP contribution in [0.4, 0.5) is 4.79 Å². The maximum atomic E-state index is 10.3. The molecule has 2 rings (SSSR count). The number of hydrogen-bond acceptors (Lipinski definition) is 2. The van der Waals surface area contributed by atoms with E-state index < -0.39 is 6.16 Å². The van der Waals surface area contributed by atoms with Gasteiger partial charge in [0.05, 0.1) is 0 Å². The summed E-state index contributed by atoms with van der Waals surface area (Å²) in [5, 5.41) is 10.3. The Labute approximate surface area is 112 Å². The Morgan fingerprint density at radius 1 is 1.32 bits per heavy atom. The molecule has 1 aromatic carbocycles. The van der Waals surface area contributed by atoms with Gasteiger partial charge in [-0.05, 0) is 49.1 Å². The minimum atomic E-state index is -1.54. The lowest BCUT2D eigenvalue weighted by molar-refractivity contribution is 0.117. The van der Waals surface area contributed by atoms with Crippen molar-refractivity contribution in [1.82, 2.24) is 0 Å². The minimum Gasteiger partial charge on any atom is -0.392 e. The standard InChI is InChI=1S/C16H14O3/c1-12(14-5-3-2-4-6-14)11-13-7-9-15(10-8-13)19-16(17)18/h3-5,7-10H,6,11H2,1H3. The van der Waals surface area contributed by atoms with Gasteiger partial charge >= 0.3 is 6.16 Å². The van der Waals surface area contributed by atoms with E-state index in [-0.39, 0.29) is 5.75 Å². The van der Waals surface area contributed by atoms with E-state index in [0.29, 0.717) is 0 Å². The molecule has 3 nitrogen and oxygen atoms in total. The van der Waals surface area contributed by atoms with Gasteiger partial charge in [-0.25, -0.2) is 0 Å². The molecule has 0 spiro atoms. The van der Waals surface area contributed by atoms with E-state index >= 15 is 0 Å². The summed E-state index contributed by atoms with van der Waals surface area (Å²) in [7, 11) is 0. The minimum absolute atomic E-state index is 0.282. The summed E-state index contributed by atoms with van der Waals surface area (Å²) in [5.41, 5.74) is 3.71. The van der Waals surface area contributed by atoms with Crippen LogP contribution in [0.3, 0.4) is 0 Å². The number of allylic oxidation sites excluding steroid dienone is 6. The molecule has 19 heavy (non-hydrogen) atoms. The third-order valence-corrected chi connectivity index (χ3v) is 2.96. The summed E-state index contributed by atoms with van der Waals surface area (Å²) in [4.78, 5) is 10.3. The summed E-state index contributed by atoms with van der Waals surface area (Å²) < 4.78 is 4.46. The van der Waals surface area contributed by atoms with Crippen molar-refractivity contribution in [2.45, 2.75) is 19.8 Å². The lowest BCUT2D eigenvalue weighted by atomic mass is 9.97. The number of rotatable bonds is 3. The van der Waals surface area contributed by atoms with Crippen LogP contribution in [0.1, 0.15) is 18.9 Å². The van der Waals surface area contributed by atoms with Gasteiger partial charge in [0.15, 0.2) is 0 Å². The first-order chi connectivity index (χ1) is 9.15. The molecule has 0 saturated carbocycles. The Balaban J connectivity index is 2.05. The monoisotopic (exact) mass is 254 g/mol. The fraction of sp³-hybridized carbons (Fsp3) is 0.188. The quantitative estimate of drug-likeness (QED) is 0.608. The van der Waals surface area contributed by atoms with Crippen molar-refractivity contribution < 1.29 is 14.6 Å². The van der Waals surface area contributed by atoms with Crippen LogP contribution in [-0.4, -0.2) is 6.16 Å². The van der Waals surface area contributed by atoms with Crippen LogP contribution in [-0.2, 0) is 11.5 Å². The number of benzene rings is 1. The third-order valence-electron chi connectivity index (χ3n) is 2.96. The summed E-state index contributed by atoms with van der Waals surface area (Å²) in [6.07, 6.45) is 9.24. The molecule has 96 valence electrons. The highest BCUT2D eigenvalue weighted by Crippen LogP contribution is 2.20.